The lowest BCUT2D eigenvalue weighted by molar-refractivity contribution is 0.198. The van der Waals surface area contributed by atoms with Gasteiger partial charge in [0.2, 0.25) is 5.95 Å². The van der Waals surface area contributed by atoms with Gasteiger partial charge >= 0.3 is 0 Å². The molecule has 2 aromatic heterocycles. The first-order valence-corrected chi connectivity index (χ1v) is 8.78. The molecule has 1 atom stereocenters. The van der Waals surface area contributed by atoms with Crippen LogP contribution in [0.2, 0.25) is 0 Å². The Hall–Kier alpha value is -2.05. The third-order valence-corrected chi connectivity index (χ3v) is 5.34. The van der Waals surface area contributed by atoms with Crippen molar-refractivity contribution < 1.29 is 0 Å². The molecule has 1 fully saturated rings. The molecule has 0 amide bonds. The molecule has 0 bridgehead atoms. The molecule has 1 unspecified atom stereocenters. The van der Waals surface area contributed by atoms with Crippen LogP contribution >= 0.6 is 11.3 Å². The minimum absolute atomic E-state index is 0.403. The molecule has 1 aromatic carbocycles. The van der Waals surface area contributed by atoms with Gasteiger partial charge in [0.05, 0.1) is 15.7 Å². The molecule has 0 spiro atoms. The van der Waals surface area contributed by atoms with Crippen LogP contribution in [0.1, 0.15) is 18.5 Å². The Morgan fingerprint density at radius 2 is 1.83 bits per heavy atom. The van der Waals surface area contributed by atoms with Gasteiger partial charge in [-0.2, -0.15) is 0 Å². The van der Waals surface area contributed by atoms with E-state index in [1.807, 2.05) is 11.6 Å². The van der Waals surface area contributed by atoms with Gasteiger partial charge in [0, 0.05) is 44.6 Å². The summed E-state index contributed by atoms with van der Waals surface area (Å²) in [5.74, 6) is 0.837. The molecule has 0 N–H and O–H groups in total. The number of piperazine rings is 1. The minimum atomic E-state index is 0.403. The summed E-state index contributed by atoms with van der Waals surface area (Å²) >= 11 is 1.70. The van der Waals surface area contributed by atoms with Crippen molar-refractivity contribution in [3.8, 4) is 0 Å². The fourth-order valence-corrected chi connectivity index (χ4v) is 3.77. The normalized spacial score (nSPS) is 17.5. The van der Waals surface area contributed by atoms with E-state index in [0.717, 1.165) is 37.6 Å². The van der Waals surface area contributed by atoms with Crippen LogP contribution in [0.25, 0.3) is 10.2 Å². The number of rotatable bonds is 3. The summed E-state index contributed by atoms with van der Waals surface area (Å²) in [4.78, 5) is 17.9. The Labute approximate surface area is 139 Å². The number of nitrogens with zero attached hydrogens (tertiary/aromatic N) is 5. The van der Waals surface area contributed by atoms with E-state index in [4.69, 9.17) is 0 Å². The summed E-state index contributed by atoms with van der Waals surface area (Å²) < 4.78 is 1.26. The summed E-state index contributed by atoms with van der Waals surface area (Å²) in [5, 5.41) is 0. The van der Waals surface area contributed by atoms with E-state index in [9.17, 15) is 0 Å². The maximum absolute atomic E-state index is 4.43. The van der Waals surface area contributed by atoms with Gasteiger partial charge in [-0.05, 0) is 30.7 Å². The van der Waals surface area contributed by atoms with Gasteiger partial charge in [0.15, 0.2) is 0 Å². The molecule has 0 aliphatic carbocycles. The highest BCUT2D eigenvalue weighted by atomic mass is 32.1. The summed E-state index contributed by atoms with van der Waals surface area (Å²) in [6, 6.07) is 8.91. The number of anilines is 1. The Balaban J connectivity index is 1.45. The molecular weight excluding hydrogens is 306 g/mol. The van der Waals surface area contributed by atoms with Crippen LogP contribution in [0.4, 0.5) is 5.95 Å². The number of hydrogen-bond donors (Lipinski definition) is 0. The van der Waals surface area contributed by atoms with Gasteiger partial charge in [0.25, 0.3) is 0 Å². The van der Waals surface area contributed by atoms with Crippen molar-refractivity contribution in [2.45, 2.75) is 13.0 Å². The van der Waals surface area contributed by atoms with E-state index >= 15 is 0 Å². The molecule has 0 saturated carbocycles. The molecule has 3 heterocycles. The minimum Gasteiger partial charge on any atom is -0.338 e. The second-order valence-corrected chi connectivity index (χ2v) is 6.71. The van der Waals surface area contributed by atoms with Crippen LogP contribution in [0.5, 0.6) is 0 Å². The number of hydrogen-bond acceptors (Lipinski definition) is 6. The van der Waals surface area contributed by atoms with Gasteiger partial charge in [-0.25, -0.2) is 15.0 Å². The number of benzene rings is 1. The predicted molar refractivity (Wildman–Crippen MR) is 93.9 cm³/mol. The fraction of sp³-hybridized carbons (Fsp3) is 0.353. The molecule has 23 heavy (non-hydrogen) atoms. The summed E-state index contributed by atoms with van der Waals surface area (Å²) in [6.07, 6.45) is 3.61. The van der Waals surface area contributed by atoms with Crippen molar-refractivity contribution >= 4 is 27.5 Å². The van der Waals surface area contributed by atoms with Gasteiger partial charge in [0.1, 0.15) is 0 Å². The zero-order valence-corrected chi connectivity index (χ0v) is 13.9. The lowest BCUT2D eigenvalue weighted by Crippen LogP contribution is -2.47. The maximum Gasteiger partial charge on any atom is 0.225 e. The van der Waals surface area contributed by atoms with Crippen molar-refractivity contribution in [2.75, 3.05) is 31.1 Å². The largest absolute Gasteiger partial charge is 0.338 e. The van der Waals surface area contributed by atoms with Crippen LogP contribution in [-0.2, 0) is 0 Å². The van der Waals surface area contributed by atoms with Gasteiger partial charge in [-0.15, -0.1) is 11.3 Å². The van der Waals surface area contributed by atoms with Crippen LogP contribution in [0.3, 0.4) is 0 Å². The second-order valence-electron chi connectivity index (χ2n) is 5.83. The van der Waals surface area contributed by atoms with Gasteiger partial charge in [-0.3, -0.25) is 4.90 Å². The zero-order valence-electron chi connectivity index (χ0n) is 13.1. The van der Waals surface area contributed by atoms with E-state index in [1.165, 1.54) is 10.3 Å². The van der Waals surface area contributed by atoms with Crippen LogP contribution in [-0.4, -0.2) is 46.0 Å². The number of aromatic nitrogens is 3. The molecule has 3 aromatic rings. The Kier molecular flexibility index (Phi) is 3.93. The van der Waals surface area contributed by atoms with E-state index < -0.39 is 0 Å². The first-order chi connectivity index (χ1) is 11.3. The third-order valence-electron chi connectivity index (χ3n) is 4.53. The average Bonchev–Trinajstić information content (AvgIpc) is 3.10. The molecule has 118 valence electrons. The van der Waals surface area contributed by atoms with Crippen LogP contribution < -0.4 is 4.90 Å². The Morgan fingerprint density at radius 3 is 2.61 bits per heavy atom. The lowest BCUT2D eigenvalue weighted by Gasteiger charge is -2.38. The first-order valence-electron chi connectivity index (χ1n) is 7.90. The predicted octanol–water partition coefficient (Wildman–Crippen LogP) is 2.97. The lowest BCUT2D eigenvalue weighted by atomic mass is 10.1. The van der Waals surface area contributed by atoms with Crippen molar-refractivity contribution in [1.82, 2.24) is 19.9 Å². The molecule has 1 saturated heterocycles. The van der Waals surface area contributed by atoms with Crippen molar-refractivity contribution in [1.29, 1.82) is 0 Å². The van der Waals surface area contributed by atoms with Crippen molar-refractivity contribution in [2.24, 2.45) is 0 Å². The summed E-state index contributed by atoms with van der Waals surface area (Å²) in [5.41, 5.74) is 4.36. The van der Waals surface area contributed by atoms with Crippen molar-refractivity contribution in [3.05, 3.63) is 47.7 Å². The molecule has 5 nitrogen and oxygen atoms in total. The number of fused-ring (bicyclic) bond motifs is 1. The smallest absolute Gasteiger partial charge is 0.225 e. The van der Waals surface area contributed by atoms with Crippen LogP contribution in [0.15, 0.2) is 42.2 Å². The van der Waals surface area contributed by atoms with Crippen molar-refractivity contribution in [3.63, 3.8) is 0 Å². The van der Waals surface area contributed by atoms with E-state index in [2.05, 4.69) is 49.9 Å². The Morgan fingerprint density at radius 1 is 1.04 bits per heavy atom. The second kappa shape index (κ2) is 6.22. The SMILES string of the molecule is CC(c1ccc2scnc2c1)N1CCN(c2ncccn2)CC1. The summed E-state index contributed by atoms with van der Waals surface area (Å²) in [6.45, 7) is 6.26. The monoisotopic (exact) mass is 325 g/mol. The highest BCUT2D eigenvalue weighted by Crippen LogP contribution is 2.26. The maximum atomic E-state index is 4.43. The van der Waals surface area contributed by atoms with E-state index in [-0.39, 0.29) is 0 Å². The summed E-state index contributed by atoms with van der Waals surface area (Å²) in [7, 11) is 0. The average molecular weight is 325 g/mol. The highest BCUT2D eigenvalue weighted by Gasteiger charge is 2.23. The molecule has 6 heteroatoms. The highest BCUT2D eigenvalue weighted by molar-refractivity contribution is 7.16. The van der Waals surface area contributed by atoms with E-state index in [1.54, 1.807) is 23.7 Å². The molecule has 4 rings (SSSR count). The first kappa shape index (κ1) is 14.5. The number of thiazole rings is 1. The molecule has 1 aliphatic heterocycles. The Bertz CT molecular complexity index is 780. The van der Waals surface area contributed by atoms with Crippen LogP contribution in [0, 0.1) is 0 Å². The van der Waals surface area contributed by atoms with E-state index in [0.29, 0.717) is 6.04 Å². The fourth-order valence-electron chi connectivity index (χ4n) is 3.11. The molecule has 0 radical (unpaired) electrons. The standard InChI is InChI=1S/C17H19N5S/c1-13(14-3-4-16-15(11-14)20-12-23-16)21-7-9-22(10-8-21)17-18-5-2-6-19-17/h2-6,11-13H,7-10H2,1H3. The molecular formula is C17H19N5S. The zero-order chi connectivity index (χ0) is 15.6. The van der Waals surface area contributed by atoms with Gasteiger partial charge in [-0.1, -0.05) is 6.07 Å². The molecule has 1 aliphatic rings. The topological polar surface area (TPSA) is 45.2 Å². The van der Waals surface area contributed by atoms with Gasteiger partial charge < -0.3 is 4.90 Å². The third kappa shape index (κ3) is 2.92. The quantitative estimate of drug-likeness (QED) is 0.741.